The maximum atomic E-state index is 11.9. The fourth-order valence-corrected chi connectivity index (χ4v) is 2.49. The summed E-state index contributed by atoms with van der Waals surface area (Å²) in [5, 5.41) is 12.3. The number of amides is 1. The van der Waals surface area contributed by atoms with Gasteiger partial charge in [0.25, 0.3) is 0 Å². The van der Waals surface area contributed by atoms with Crippen LogP contribution in [0, 0.1) is 0 Å². The molecule has 1 unspecified atom stereocenters. The van der Waals surface area contributed by atoms with Gasteiger partial charge in [0.15, 0.2) is 0 Å². The van der Waals surface area contributed by atoms with Gasteiger partial charge in [-0.1, -0.05) is 11.6 Å². The molecule has 128 valence electrons. The minimum Gasteiger partial charge on any atom is -0.480 e. The van der Waals surface area contributed by atoms with Crippen molar-refractivity contribution in [2.75, 3.05) is 12.4 Å². The predicted molar refractivity (Wildman–Crippen MR) is 92.1 cm³/mol. The average molecular weight is 360 g/mol. The first-order valence-electron chi connectivity index (χ1n) is 7.22. The Morgan fingerprint density at radius 3 is 2.43 bits per heavy atom. The molecule has 0 aromatic heterocycles. The highest BCUT2D eigenvalue weighted by Gasteiger charge is 2.21. The summed E-state index contributed by atoms with van der Waals surface area (Å²) < 4.78 is 5.50. The average Bonchev–Trinajstić information content (AvgIpc) is 2.44. The molecular weight excluding hydrogens is 338 g/mol. The molecule has 1 rings (SSSR count). The summed E-state index contributed by atoms with van der Waals surface area (Å²) in [5.74, 6) is -1.24. The van der Waals surface area contributed by atoms with Crippen molar-refractivity contribution in [3.63, 3.8) is 0 Å². The zero-order chi connectivity index (χ0) is 17.5. The van der Waals surface area contributed by atoms with Gasteiger partial charge in [-0.3, -0.25) is 4.79 Å². The van der Waals surface area contributed by atoms with Crippen LogP contribution in [0.15, 0.2) is 29.2 Å². The Morgan fingerprint density at radius 2 is 1.91 bits per heavy atom. The van der Waals surface area contributed by atoms with E-state index in [0.717, 1.165) is 4.90 Å². The van der Waals surface area contributed by atoms with Crippen molar-refractivity contribution in [3.05, 3.63) is 29.3 Å². The van der Waals surface area contributed by atoms with Gasteiger partial charge in [-0.25, -0.2) is 4.79 Å². The van der Waals surface area contributed by atoms with Crippen molar-refractivity contribution in [1.29, 1.82) is 0 Å². The molecule has 0 aliphatic carbocycles. The highest BCUT2D eigenvalue weighted by Crippen LogP contribution is 2.20. The lowest BCUT2D eigenvalue weighted by molar-refractivity contribution is -0.142. The number of carboxylic acid groups (broad SMARTS) is 1. The lowest BCUT2D eigenvalue weighted by Gasteiger charge is -2.21. The number of carboxylic acids is 1. The number of hydrogen-bond donors (Lipinski definition) is 2. The van der Waals surface area contributed by atoms with Crippen LogP contribution in [0.1, 0.15) is 27.2 Å². The van der Waals surface area contributed by atoms with E-state index >= 15 is 0 Å². The van der Waals surface area contributed by atoms with Crippen LogP contribution in [-0.2, 0) is 14.3 Å². The zero-order valence-corrected chi connectivity index (χ0v) is 15.0. The smallest absolute Gasteiger partial charge is 0.326 e. The number of hydrogen-bond acceptors (Lipinski definition) is 4. The third kappa shape index (κ3) is 8.83. The summed E-state index contributed by atoms with van der Waals surface area (Å²) in [6.45, 7) is 5.95. The Kier molecular flexibility index (Phi) is 7.88. The van der Waals surface area contributed by atoms with E-state index in [2.05, 4.69) is 5.32 Å². The zero-order valence-electron chi connectivity index (χ0n) is 13.5. The van der Waals surface area contributed by atoms with E-state index in [4.69, 9.17) is 16.3 Å². The van der Waals surface area contributed by atoms with Gasteiger partial charge >= 0.3 is 5.97 Å². The summed E-state index contributed by atoms with van der Waals surface area (Å²) >= 11 is 7.12. The first-order chi connectivity index (χ1) is 10.7. The standard InChI is InChI=1S/C16H22ClNO4S/c1-16(2,3)22-9-8-13(15(20)21)18-14(19)10-23-12-6-4-11(17)5-7-12/h4-7,13H,8-10H2,1-3H3,(H,18,19)(H,20,21). The number of nitrogens with one attached hydrogen (secondary N) is 1. The molecule has 0 saturated carbocycles. The van der Waals surface area contributed by atoms with Gasteiger partial charge in [0.05, 0.1) is 11.4 Å². The molecule has 1 amide bonds. The van der Waals surface area contributed by atoms with Crippen molar-refractivity contribution >= 4 is 35.2 Å². The Morgan fingerprint density at radius 1 is 1.30 bits per heavy atom. The molecule has 7 heteroatoms. The van der Waals surface area contributed by atoms with E-state index in [9.17, 15) is 14.7 Å². The van der Waals surface area contributed by atoms with Crippen LogP contribution in [0.3, 0.4) is 0 Å². The molecule has 1 atom stereocenters. The third-order valence-corrected chi connectivity index (χ3v) is 4.02. The van der Waals surface area contributed by atoms with Crippen LogP contribution in [0.25, 0.3) is 0 Å². The number of thioether (sulfide) groups is 1. The molecule has 0 heterocycles. The fourth-order valence-electron chi connectivity index (χ4n) is 1.66. The van der Waals surface area contributed by atoms with E-state index in [-0.39, 0.29) is 30.3 Å². The summed E-state index contributed by atoms with van der Waals surface area (Å²) in [4.78, 5) is 24.0. The van der Waals surface area contributed by atoms with Crippen LogP contribution in [0.2, 0.25) is 5.02 Å². The van der Waals surface area contributed by atoms with E-state index in [1.807, 2.05) is 32.9 Å². The molecule has 0 aliphatic rings. The predicted octanol–water partition coefficient (Wildman–Crippen LogP) is 3.21. The molecule has 0 saturated heterocycles. The normalized spacial score (nSPS) is 12.7. The van der Waals surface area contributed by atoms with Gasteiger partial charge in [0.1, 0.15) is 6.04 Å². The van der Waals surface area contributed by atoms with E-state index in [0.29, 0.717) is 5.02 Å². The second-order valence-corrected chi connectivity index (χ2v) is 7.44. The van der Waals surface area contributed by atoms with E-state index < -0.39 is 12.0 Å². The number of ether oxygens (including phenoxy) is 1. The number of aliphatic carboxylic acids is 1. The SMILES string of the molecule is CC(C)(C)OCCC(NC(=O)CSc1ccc(Cl)cc1)C(=O)O. The summed E-state index contributed by atoms with van der Waals surface area (Å²) in [6.07, 6.45) is 0.226. The number of carbonyl (C=O) groups is 2. The number of rotatable bonds is 8. The lowest BCUT2D eigenvalue weighted by Crippen LogP contribution is -2.42. The summed E-state index contributed by atoms with van der Waals surface area (Å²) in [5.41, 5.74) is -0.336. The number of carbonyl (C=O) groups excluding carboxylic acids is 1. The van der Waals surface area contributed by atoms with E-state index in [1.54, 1.807) is 12.1 Å². The lowest BCUT2D eigenvalue weighted by atomic mass is 10.2. The Bertz CT molecular complexity index is 528. The highest BCUT2D eigenvalue weighted by atomic mass is 35.5. The first-order valence-corrected chi connectivity index (χ1v) is 8.58. The quantitative estimate of drug-likeness (QED) is 0.697. The molecule has 0 aliphatic heterocycles. The van der Waals surface area contributed by atoms with Crippen LogP contribution < -0.4 is 5.32 Å². The highest BCUT2D eigenvalue weighted by molar-refractivity contribution is 8.00. The number of halogens is 1. The maximum absolute atomic E-state index is 11.9. The van der Waals surface area contributed by atoms with Gasteiger partial charge in [-0.2, -0.15) is 0 Å². The Balaban J connectivity index is 2.41. The molecule has 23 heavy (non-hydrogen) atoms. The van der Waals surface area contributed by atoms with E-state index in [1.165, 1.54) is 11.8 Å². The van der Waals surface area contributed by atoms with Crippen LogP contribution in [-0.4, -0.2) is 41.0 Å². The maximum Gasteiger partial charge on any atom is 0.326 e. The molecule has 0 radical (unpaired) electrons. The molecule has 0 bridgehead atoms. The van der Waals surface area contributed by atoms with Crippen molar-refractivity contribution in [2.24, 2.45) is 0 Å². The van der Waals surface area contributed by atoms with Crippen LogP contribution in [0.4, 0.5) is 0 Å². The van der Waals surface area contributed by atoms with Crippen LogP contribution in [0.5, 0.6) is 0 Å². The largest absolute Gasteiger partial charge is 0.480 e. The second kappa shape index (κ2) is 9.15. The molecule has 5 nitrogen and oxygen atoms in total. The molecular formula is C16H22ClNO4S. The topological polar surface area (TPSA) is 75.6 Å². The number of benzene rings is 1. The van der Waals surface area contributed by atoms with Gasteiger partial charge in [-0.05, 0) is 45.0 Å². The third-order valence-electron chi connectivity index (χ3n) is 2.76. The molecule has 0 spiro atoms. The van der Waals surface area contributed by atoms with Crippen molar-refractivity contribution in [1.82, 2.24) is 5.32 Å². The van der Waals surface area contributed by atoms with Crippen molar-refractivity contribution < 1.29 is 19.4 Å². The fraction of sp³-hybridized carbons (Fsp3) is 0.500. The summed E-state index contributed by atoms with van der Waals surface area (Å²) in [6, 6.07) is 6.16. The monoisotopic (exact) mass is 359 g/mol. The van der Waals surface area contributed by atoms with Crippen molar-refractivity contribution in [2.45, 2.75) is 43.7 Å². The molecule has 1 aromatic carbocycles. The minimum atomic E-state index is -1.06. The van der Waals surface area contributed by atoms with Gasteiger partial charge in [0.2, 0.25) is 5.91 Å². The van der Waals surface area contributed by atoms with Gasteiger partial charge in [0, 0.05) is 22.9 Å². The van der Waals surface area contributed by atoms with Gasteiger partial charge in [-0.15, -0.1) is 11.8 Å². The molecule has 0 fully saturated rings. The Labute approximate surface area is 145 Å². The summed E-state index contributed by atoms with van der Waals surface area (Å²) in [7, 11) is 0. The molecule has 1 aromatic rings. The Hall–Kier alpha value is -1.24. The minimum absolute atomic E-state index is 0.144. The van der Waals surface area contributed by atoms with Crippen molar-refractivity contribution in [3.8, 4) is 0 Å². The van der Waals surface area contributed by atoms with Crippen LogP contribution >= 0.6 is 23.4 Å². The first kappa shape index (κ1) is 19.8. The second-order valence-electron chi connectivity index (χ2n) is 5.95. The van der Waals surface area contributed by atoms with Gasteiger partial charge < -0.3 is 15.2 Å². The molecule has 2 N–H and O–H groups in total.